The first-order valence-corrected chi connectivity index (χ1v) is 8.27. The number of nitrogens with zero attached hydrogens (tertiary/aromatic N) is 1. The molecule has 0 aliphatic carbocycles. The van der Waals surface area contributed by atoms with E-state index in [0.717, 1.165) is 19.5 Å². The summed E-state index contributed by atoms with van der Waals surface area (Å²) in [5, 5.41) is 2.93. The second-order valence-corrected chi connectivity index (χ2v) is 6.29. The van der Waals surface area contributed by atoms with Gasteiger partial charge in [0.05, 0.1) is 6.04 Å². The maximum Gasteiger partial charge on any atom is 0.241 e. The van der Waals surface area contributed by atoms with Crippen LogP contribution < -0.4 is 5.32 Å². The average Bonchev–Trinajstić information content (AvgIpc) is 2.60. The molecule has 24 heavy (non-hydrogen) atoms. The van der Waals surface area contributed by atoms with Gasteiger partial charge in [-0.05, 0) is 43.5 Å². The Morgan fingerprint density at radius 1 is 1.08 bits per heavy atom. The molecular weight excluding hydrogens is 300 g/mol. The third-order valence-electron chi connectivity index (χ3n) is 4.62. The minimum absolute atomic E-state index is 0.00761. The van der Waals surface area contributed by atoms with Gasteiger partial charge in [-0.1, -0.05) is 36.4 Å². The van der Waals surface area contributed by atoms with Crippen molar-refractivity contribution < 1.29 is 9.59 Å². The van der Waals surface area contributed by atoms with Crippen molar-refractivity contribution in [2.75, 3.05) is 11.9 Å². The highest BCUT2D eigenvalue weighted by Gasteiger charge is 2.25. The molecule has 0 fully saturated rings. The molecule has 124 valence electrons. The Balaban J connectivity index is 1.67. The van der Waals surface area contributed by atoms with Crippen LogP contribution in [0.2, 0.25) is 0 Å². The molecule has 3 rings (SSSR count). The van der Waals surface area contributed by atoms with E-state index in [1.807, 2.05) is 19.1 Å². The van der Waals surface area contributed by atoms with Gasteiger partial charge in [-0.3, -0.25) is 14.5 Å². The van der Waals surface area contributed by atoms with Crippen LogP contribution in [-0.2, 0) is 17.8 Å². The minimum atomic E-state index is -0.223. The van der Waals surface area contributed by atoms with Crippen LogP contribution in [0.5, 0.6) is 0 Å². The van der Waals surface area contributed by atoms with Crippen molar-refractivity contribution in [3.05, 3.63) is 65.2 Å². The number of anilines is 1. The van der Waals surface area contributed by atoms with E-state index in [1.54, 1.807) is 18.2 Å². The molecule has 2 aromatic carbocycles. The molecule has 0 saturated carbocycles. The molecule has 0 unspecified atom stereocenters. The highest BCUT2D eigenvalue weighted by atomic mass is 16.2. The summed E-state index contributed by atoms with van der Waals surface area (Å²) in [6.07, 6.45) is 0.966. The quantitative estimate of drug-likeness (QED) is 0.879. The molecule has 0 radical (unpaired) electrons. The molecule has 0 bridgehead atoms. The zero-order chi connectivity index (χ0) is 17.1. The van der Waals surface area contributed by atoms with Gasteiger partial charge in [0, 0.05) is 24.3 Å². The Morgan fingerprint density at radius 2 is 1.83 bits per heavy atom. The van der Waals surface area contributed by atoms with E-state index in [2.05, 4.69) is 28.4 Å². The fourth-order valence-corrected chi connectivity index (χ4v) is 3.08. The van der Waals surface area contributed by atoms with E-state index in [9.17, 15) is 9.59 Å². The van der Waals surface area contributed by atoms with Crippen molar-refractivity contribution in [3.8, 4) is 0 Å². The first kappa shape index (κ1) is 16.4. The van der Waals surface area contributed by atoms with Crippen LogP contribution in [0.4, 0.5) is 5.69 Å². The molecule has 1 N–H and O–H groups in total. The number of hydrogen-bond donors (Lipinski definition) is 1. The molecule has 1 heterocycles. The van der Waals surface area contributed by atoms with Crippen molar-refractivity contribution >= 4 is 17.4 Å². The molecule has 4 nitrogen and oxygen atoms in total. The van der Waals surface area contributed by atoms with Crippen LogP contribution in [-0.4, -0.2) is 29.2 Å². The van der Waals surface area contributed by atoms with Crippen LogP contribution in [0.25, 0.3) is 0 Å². The number of rotatable bonds is 4. The van der Waals surface area contributed by atoms with Crippen LogP contribution in [0.3, 0.4) is 0 Å². The Labute approximate surface area is 142 Å². The molecular formula is C20H22N2O2. The molecule has 1 aliphatic rings. The lowest BCUT2D eigenvalue weighted by molar-refractivity contribution is -0.121. The molecule has 4 heteroatoms. The zero-order valence-electron chi connectivity index (χ0n) is 14.1. The fraction of sp³-hybridized carbons (Fsp3) is 0.300. The van der Waals surface area contributed by atoms with Crippen LogP contribution in [0.1, 0.15) is 35.3 Å². The van der Waals surface area contributed by atoms with E-state index >= 15 is 0 Å². The topological polar surface area (TPSA) is 49.4 Å². The number of carbonyl (C=O) groups is 2. The third kappa shape index (κ3) is 3.54. The summed E-state index contributed by atoms with van der Waals surface area (Å²) in [6.45, 7) is 5.12. The summed E-state index contributed by atoms with van der Waals surface area (Å²) in [5.74, 6) is -0.0538. The number of carbonyl (C=O) groups excluding carboxylic acids is 2. The lowest BCUT2D eigenvalue weighted by atomic mass is 9.98. The largest absolute Gasteiger partial charge is 0.325 e. The number of amides is 1. The van der Waals surface area contributed by atoms with Gasteiger partial charge in [0.2, 0.25) is 5.91 Å². The van der Waals surface area contributed by atoms with Gasteiger partial charge in [-0.15, -0.1) is 0 Å². The van der Waals surface area contributed by atoms with E-state index in [4.69, 9.17) is 0 Å². The zero-order valence-corrected chi connectivity index (χ0v) is 14.1. The molecule has 2 aromatic rings. The van der Waals surface area contributed by atoms with Crippen LogP contribution >= 0.6 is 0 Å². The number of benzene rings is 2. The van der Waals surface area contributed by atoms with Gasteiger partial charge in [-0.2, -0.15) is 0 Å². The van der Waals surface area contributed by atoms with E-state index < -0.39 is 0 Å². The second-order valence-electron chi connectivity index (χ2n) is 6.29. The summed E-state index contributed by atoms with van der Waals surface area (Å²) in [4.78, 5) is 26.2. The summed E-state index contributed by atoms with van der Waals surface area (Å²) < 4.78 is 0. The Kier molecular flexibility index (Phi) is 4.76. The molecule has 1 atom stereocenters. The normalized spacial score (nSPS) is 15.4. The van der Waals surface area contributed by atoms with Crippen LogP contribution in [0, 0.1) is 0 Å². The molecule has 0 spiro atoms. The van der Waals surface area contributed by atoms with Gasteiger partial charge in [-0.25, -0.2) is 0 Å². The van der Waals surface area contributed by atoms with Gasteiger partial charge < -0.3 is 5.32 Å². The predicted molar refractivity (Wildman–Crippen MR) is 95.1 cm³/mol. The summed E-state index contributed by atoms with van der Waals surface area (Å²) >= 11 is 0. The third-order valence-corrected chi connectivity index (χ3v) is 4.62. The fourth-order valence-electron chi connectivity index (χ4n) is 3.08. The first-order valence-electron chi connectivity index (χ1n) is 8.27. The predicted octanol–water partition coefficient (Wildman–Crippen LogP) is 3.27. The molecule has 0 aromatic heterocycles. The van der Waals surface area contributed by atoms with Crippen LogP contribution in [0.15, 0.2) is 48.5 Å². The number of fused-ring (bicyclic) bond motifs is 1. The lowest BCUT2D eigenvalue weighted by Crippen LogP contribution is -2.44. The summed E-state index contributed by atoms with van der Waals surface area (Å²) in [7, 11) is 0. The van der Waals surface area contributed by atoms with Gasteiger partial charge in [0.15, 0.2) is 5.78 Å². The Morgan fingerprint density at radius 3 is 2.58 bits per heavy atom. The van der Waals surface area contributed by atoms with Gasteiger partial charge in [0.1, 0.15) is 0 Å². The van der Waals surface area contributed by atoms with E-state index in [0.29, 0.717) is 11.3 Å². The molecule has 0 saturated heterocycles. The van der Waals surface area contributed by atoms with E-state index in [1.165, 1.54) is 18.1 Å². The highest BCUT2D eigenvalue weighted by molar-refractivity contribution is 5.98. The van der Waals surface area contributed by atoms with Crippen molar-refractivity contribution in [3.63, 3.8) is 0 Å². The van der Waals surface area contributed by atoms with Crippen molar-refractivity contribution in [2.24, 2.45) is 0 Å². The maximum atomic E-state index is 12.6. The van der Waals surface area contributed by atoms with Crippen molar-refractivity contribution in [2.45, 2.75) is 32.9 Å². The van der Waals surface area contributed by atoms with Gasteiger partial charge in [0.25, 0.3) is 0 Å². The van der Waals surface area contributed by atoms with Crippen molar-refractivity contribution in [1.82, 2.24) is 4.90 Å². The second kappa shape index (κ2) is 6.97. The number of nitrogens with one attached hydrogen (secondary N) is 1. The smallest absolute Gasteiger partial charge is 0.241 e. The lowest BCUT2D eigenvalue weighted by Gasteiger charge is -2.32. The molecule has 1 aliphatic heterocycles. The average molecular weight is 322 g/mol. The first-order chi connectivity index (χ1) is 11.5. The Hall–Kier alpha value is -2.46. The van der Waals surface area contributed by atoms with E-state index in [-0.39, 0.29) is 17.7 Å². The highest BCUT2D eigenvalue weighted by Crippen LogP contribution is 2.21. The van der Waals surface area contributed by atoms with Gasteiger partial charge >= 0.3 is 0 Å². The summed E-state index contributed by atoms with van der Waals surface area (Å²) in [6, 6.07) is 15.2. The molecule has 1 amide bonds. The maximum absolute atomic E-state index is 12.6. The monoisotopic (exact) mass is 322 g/mol. The standard InChI is InChI=1S/C20H22N2O2/c1-14(22-11-10-16-6-3-4-7-18(16)13-22)20(24)21-19-9-5-8-17(12-19)15(2)23/h3-9,12,14H,10-11,13H2,1-2H3,(H,21,24)/t14-/m1/s1. The number of Topliss-reactive ketones (excluding diaryl/α,β-unsaturated/α-hetero) is 1. The number of hydrogen-bond acceptors (Lipinski definition) is 3. The Bertz CT molecular complexity index is 770. The van der Waals surface area contributed by atoms with Crippen molar-refractivity contribution in [1.29, 1.82) is 0 Å². The number of ketones is 1. The minimum Gasteiger partial charge on any atom is -0.325 e. The summed E-state index contributed by atoms with van der Waals surface area (Å²) in [5.41, 5.74) is 3.93. The SMILES string of the molecule is CC(=O)c1cccc(NC(=O)[C@@H](C)N2CCc3ccccc3C2)c1.